The monoisotopic (exact) mass is 312 g/mol. The van der Waals surface area contributed by atoms with Crippen molar-refractivity contribution in [1.29, 1.82) is 0 Å². The molecule has 0 bridgehead atoms. The van der Waals surface area contributed by atoms with Crippen LogP contribution in [-0.4, -0.2) is 24.5 Å². The van der Waals surface area contributed by atoms with Crippen LogP contribution in [0.25, 0.3) is 11.1 Å². The number of benzene rings is 2. The molecule has 0 aliphatic heterocycles. The van der Waals surface area contributed by atoms with Crippen molar-refractivity contribution in [3.63, 3.8) is 0 Å². The van der Waals surface area contributed by atoms with Gasteiger partial charge in [0.25, 0.3) is 0 Å². The van der Waals surface area contributed by atoms with Crippen molar-refractivity contribution in [2.75, 3.05) is 7.11 Å². The minimum Gasteiger partial charge on any atom is -0.507 e. The van der Waals surface area contributed by atoms with E-state index in [4.69, 9.17) is 0 Å². The number of methoxy groups -OCH3 is 1. The molecule has 2 aromatic carbocycles. The zero-order chi connectivity index (χ0) is 16.3. The number of carbonyl (C=O) groups excluding carboxylic acids is 1. The molecule has 2 aromatic rings. The van der Waals surface area contributed by atoms with E-state index in [-0.39, 0.29) is 5.75 Å². The van der Waals surface area contributed by atoms with Crippen LogP contribution in [0, 0.1) is 0 Å². The zero-order valence-corrected chi connectivity index (χ0v) is 11.3. The van der Waals surface area contributed by atoms with Crippen LogP contribution >= 0.6 is 0 Å². The van der Waals surface area contributed by atoms with Gasteiger partial charge in [0.05, 0.1) is 12.7 Å². The van der Waals surface area contributed by atoms with Crippen molar-refractivity contribution in [3.05, 3.63) is 48.0 Å². The Bertz CT molecular complexity index is 678. The van der Waals surface area contributed by atoms with Gasteiger partial charge in [-0.15, -0.1) is 13.2 Å². The van der Waals surface area contributed by atoms with Gasteiger partial charge in [-0.05, 0) is 29.8 Å². The number of halogens is 3. The molecule has 7 heteroatoms. The number of esters is 1. The summed E-state index contributed by atoms with van der Waals surface area (Å²) in [7, 11) is 1.25. The molecule has 4 nitrogen and oxygen atoms in total. The van der Waals surface area contributed by atoms with Crippen molar-refractivity contribution in [2.24, 2.45) is 0 Å². The lowest BCUT2D eigenvalue weighted by Crippen LogP contribution is -2.16. The number of phenols is 1. The van der Waals surface area contributed by atoms with Crippen molar-refractivity contribution in [2.45, 2.75) is 6.36 Å². The van der Waals surface area contributed by atoms with Gasteiger partial charge in [0.2, 0.25) is 0 Å². The second kappa shape index (κ2) is 5.97. The molecule has 0 spiro atoms. The van der Waals surface area contributed by atoms with Gasteiger partial charge in [0.15, 0.2) is 0 Å². The summed E-state index contributed by atoms with van der Waals surface area (Å²) in [6.07, 6.45) is -4.82. The summed E-state index contributed by atoms with van der Waals surface area (Å²) in [5.41, 5.74) is 1.16. The Morgan fingerprint density at radius 3 is 2.23 bits per heavy atom. The van der Waals surface area contributed by atoms with Crippen molar-refractivity contribution >= 4 is 5.97 Å². The third-order valence-electron chi connectivity index (χ3n) is 2.82. The molecule has 116 valence electrons. The quantitative estimate of drug-likeness (QED) is 0.877. The first-order valence-corrected chi connectivity index (χ1v) is 6.07. The molecule has 0 fully saturated rings. The number of hydrogen-bond donors (Lipinski definition) is 1. The molecule has 22 heavy (non-hydrogen) atoms. The van der Waals surface area contributed by atoms with Crippen LogP contribution in [0.2, 0.25) is 0 Å². The Labute approximate surface area is 123 Å². The molecule has 0 aliphatic carbocycles. The standard InChI is InChI=1S/C15H11F3O4/c1-21-14(20)10-4-2-9(3-5-10)12-7-6-11(8-13(12)19)22-15(16,17)18/h2-8,19H,1H3. The molecule has 0 saturated carbocycles. The number of hydrogen-bond acceptors (Lipinski definition) is 4. The van der Waals surface area contributed by atoms with Gasteiger partial charge < -0.3 is 14.6 Å². The highest BCUT2D eigenvalue weighted by molar-refractivity contribution is 5.90. The van der Waals surface area contributed by atoms with E-state index in [0.29, 0.717) is 16.7 Å². The van der Waals surface area contributed by atoms with Crippen molar-refractivity contribution in [1.82, 2.24) is 0 Å². The van der Waals surface area contributed by atoms with Gasteiger partial charge in [0.1, 0.15) is 11.5 Å². The van der Waals surface area contributed by atoms with E-state index in [0.717, 1.165) is 12.1 Å². The molecule has 0 atom stereocenters. The first kappa shape index (κ1) is 15.7. The average Bonchev–Trinajstić information content (AvgIpc) is 2.45. The van der Waals surface area contributed by atoms with Crippen LogP contribution in [0.4, 0.5) is 13.2 Å². The Kier molecular flexibility index (Phi) is 4.25. The number of alkyl halides is 3. The lowest BCUT2D eigenvalue weighted by Gasteiger charge is -2.11. The van der Waals surface area contributed by atoms with Gasteiger partial charge in [-0.2, -0.15) is 0 Å². The van der Waals surface area contributed by atoms with Gasteiger partial charge in [-0.1, -0.05) is 12.1 Å². The molecular formula is C15H11F3O4. The Balaban J connectivity index is 2.27. The summed E-state index contributed by atoms with van der Waals surface area (Å²) in [5.74, 6) is -1.39. The summed E-state index contributed by atoms with van der Waals surface area (Å²) >= 11 is 0. The van der Waals surface area contributed by atoms with E-state index >= 15 is 0 Å². The third kappa shape index (κ3) is 3.69. The zero-order valence-electron chi connectivity index (χ0n) is 11.3. The molecule has 0 unspecified atom stereocenters. The van der Waals surface area contributed by atoms with Gasteiger partial charge >= 0.3 is 12.3 Å². The van der Waals surface area contributed by atoms with Gasteiger partial charge in [-0.3, -0.25) is 0 Å². The number of carbonyl (C=O) groups is 1. The predicted octanol–water partition coefficient (Wildman–Crippen LogP) is 3.74. The fraction of sp³-hybridized carbons (Fsp3) is 0.133. The topological polar surface area (TPSA) is 55.8 Å². The molecule has 0 amide bonds. The van der Waals surface area contributed by atoms with E-state index in [2.05, 4.69) is 9.47 Å². The van der Waals surface area contributed by atoms with Crippen molar-refractivity contribution in [3.8, 4) is 22.6 Å². The van der Waals surface area contributed by atoms with Gasteiger partial charge in [-0.25, -0.2) is 4.79 Å². The minimum atomic E-state index is -4.82. The molecule has 0 radical (unpaired) electrons. The summed E-state index contributed by atoms with van der Waals surface area (Å²) in [6, 6.07) is 9.33. The van der Waals surface area contributed by atoms with E-state index in [1.807, 2.05) is 0 Å². The number of rotatable bonds is 3. The first-order chi connectivity index (χ1) is 10.3. The fourth-order valence-electron chi connectivity index (χ4n) is 1.86. The maximum atomic E-state index is 12.1. The van der Waals surface area contributed by atoms with Crippen LogP contribution in [0.3, 0.4) is 0 Å². The minimum absolute atomic E-state index is 0.311. The maximum Gasteiger partial charge on any atom is 0.573 e. The Morgan fingerprint density at radius 2 is 1.73 bits per heavy atom. The summed E-state index contributed by atoms with van der Waals surface area (Å²) in [6.45, 7) is 0. The van der Waals surface area contributed by atoms with Crippen LogP contribution in [0.1, 0.15) is 10.4 Å². The molecule has 0 saturated heterocycles. The van der Waals surface area contributed by atoms with Crippen LogP contribution < -0.4 is 4.74 Å². The SMILES string of the molecule is COC(=O)c1ccc(-c2ccc(OC(F)(F)F)cc2O)cc1. The highest BCUT2D eigenvalue weighted by atomic mass is 19.4. The van der Waals surface area contributed by atoms with Crippen LogP contribution in [0.15, 0.2) is 42.5 Å². The highest BCUT2D eigenvalue weighted by Gasteiger charge is 2.31. The first-order valence-electron chi connectivity index (χ1n) is 6.07. The molecule has 0 aromatic heterocycles. The van der Waals surface area contributed by atoms with E-state index in [9.17, 15) is 23.1 Å². The average molecular weight is 312 g/mol. The largest absolute Gasteiger partial charge is 0.573 e. The number of phenolic OH excluding ortho intramolecular Hbond substituents is 1. The molecular weight excluding hydrogens is 301 g/mol. The molecule has 0 heterocycles. The third-order valence-corrected chi connectivity index (χ3v) is 2.82. The molecule has 0 aliphatic rings. The highest BCUT2D eigenvalue weighted by Crippen LogP contribution is 2.34. The van der Waals surface area contributed by atoms with E-state index in [1.54, 1.807) is 12.1 Å². The van der Waals surface area contributed by atoms with Crippen LogP contribution in [-0.2, 0) is 4.74 Å². The predicted molar refractivity (Wildman–Crippen MR) is 71.6 cm³/mol. The Hall–Kier alpha value is -2.70. The van der Waals surface area contributed by atoms with E-state index < -0.39 is 18.1 Å². The lowest BCUT2D eigenvalue weighted by atomic mass is 10.0. The fourth-order valence-corrected chi connectivity index (χ4v) is 1.86. The second-order valence-electron chi connectivity index (χ2n) is 4.30. The normalized spacial score (nSPS) is 11.1. The molecule has 2 rings (SSSR count). The summed E-state index contributed by atoms with van der Waals surface area (Å²) < 4.78 is 44.6. The van der Waals surface area contributed by atoms with Gasteiger partial charge in [0, 0.05) is 11.6 Å². The number of ether oxygens (including phenoxy) is 2. The van der Waals surface area contributed by atoms with Crippen molar-refractivity contribution < 1.29 is 32.5 Å². The Morgan fingerprint density at radius 1 is 1.09 bits per heavy atom. The molecule has 1 N–H and O–H groups in total. The van der Waals surface area contributed by atoms with E-state index in [1.165, 1.54) is 25.3 Å². The van der Waals surface area contributed by atoms with Crippen LogP contribution in [0.5, 0.6) is 11.5 Å². The number of aromatic hydroxyl groups is 1. The maximum absolute atomic E-state index is 12.1. The lowest BCUT2D eigenvalue weighted by molar-refractivity contribution is -0.274. The summed E-state index contributed by atoms with van der Waals surface area (Å²) in [4.78, 5) is 11.3. The second-order valence-corrected chi connectivity index (χ2v) is 4.30. The summed E-state index contributed by atoms with van der Waals surface area (Å²) in [5, 5.41) is 9.83. The smallest absolute Gasteiger partial charge is 0.507 e.